The van der Waals surface area contributed by atoms with Crippen LogP contribution in [0.15, 0.2) is 17.6 Å². The van der Waals surface area contributed by atoms with Crippen molar-refractivity contribution >= 4 is 6.34 Å². The number of rotatable bonds is 0. The second-order valence-electron chi connectivity index (χ2n) is 1.40. The highest BCUT2D eigenvalue weighted by molar-refractivity contribution is 5.56. The van der Waals surface area contributed by atoms with Gasteiger partial charge in [-0.1, -0.05) is 6.08 Å². The van der Waals surface area contributed by atoms with E-state index in [1.165, 1.54) is 0 Å². The van der Waals surface area contributed by atoms with Gasteiger partial charge in [0.25, 0.3) is 0 Å². The van der Waals surface area contributed by atoms with Crippen LogP contribution >= 0.6 is 0 Å². The summed E-state index contributed by atoms with van der Waals surface area (Å²) in [5.41, 5.74) is 0. The summed E-state index contributed by atoms with van der Waals surface area (Å²) >= 11 is 0. The molecule has 1 N–H and O–H groups in total. The minimum Gasteiger partial charge on any atom is -0.375 e. The van der Waals surface area contributed by atoms with Gasteiger partial charge in [0.2, 0.25) is 0 Å². The SMILES string of the molecule is C1=NCCN1.C=CC. The molecule has 0 bridgehead atoms. The van der Waals surface area contributed by atoms with Crippen LogP contribution in [0.4, 0.5) is 0 Å². The van der Waals surface area contributed by atoms with E-state index in [9.17, 15) is 0 Å². The lowest BCUT2D eigenvalue weighted by Gasteiger charge is -1.75. The molecule has 0 fully saturated rings. The van der Waals surface area contributed by atoms with Gasteiger partial charge in [-0.15, -0.1) is 6.58 Å². The fourth-order valence-corrected chi connectivity index (χ4v) is 0.323. The summed E-state index contributed by atoms with van der Waals surface area (Å²) in [7, 11) is 0. The van der Waals surface area contributed by atoms with Crippen LogP contribution in [0.3, 0.4) is 0 Å². The van der Waals surface area contributed by atoms with Crippen molar-refractivity contribution in [2.45, 2.75) is 6.92 Å². The molecule has 0 amide bonds. The van der Waals surface area contributed by atoms with Crippen LogP contribution in [0.2, 0.25) is 0 Å². The van der Waals surface area contributed by atoms with Crippen LogP contribution in [0, 0.1) is 0 Å². The zero-order valence-corrected chi connectivity index (χ0v) is 5.22. The molecule has 0 saturated carbocycles. The van der Waals surface area contributed by atoms with Gasteiger partial charge in [0.15, 0.2) is 0 Å². The Kier molecular flexibility index (Phi) is 5.60. The zero-order chi connectivity index (χ0) is 6.24. The third-order valence-corrected chi connectivity index (χ3v) is 0.568. The molecule has 1 heterocycles. The molecule has 0 aromatic heterocycles. The van der Waals surface area contributed by atoms with E-state index in [4.69, 9.17) is 0 Å². The third-order valence-electron chi connectivity index (χ3n) is 0.568. The summed E-state index contributed by atoms with van der Waals surface area (Å²) < 4.78 is 0. The van der Waals surface area contributed by atoms with Crippen LogP contribution in [-0.4, -0.2) is 19.4 Å². The van der Waals surface area contributed by atoms with E-state index in [0.29, 0.717) is 0 Å². The molecule has 1 aliphatic heterocycles. The quantitative estimate of drug-likeness (QED) is 0.461. The van der Waals surface area contributed by atoms with Crippen LogP contribution in [-0.2, 0) is 0 Å². The molecule has 1 rings (SSSR count). The number of nitrogens with zero attached hydrogens (tertiary/aromatic N) is 1. The maximum atomic E-state index is 3.85. The maximum absolute atomic E-state index is 3.85. The highest BCUT2D eigenvalue weighted by Crippen LogP contribution is 1.68. The van der Waals surface area contributed by atoms with Crippen LogP contribution in [0.1, 0.15) is 6.92 Å². The highest BCUT2D eigenvalue weighted by atomic mass is 15.0. The van der Waals surface area contributed by atoms with E-state index >= 15 is 0 Å². The first-order chi connectivity index (χ1) is 3.91. The topological polar surface area (TPSA) is 24.4 Å². The van der Waals surface area contributed by atoms with Gasteiger partial charge in [-0.3, -0.25) is 4.99 Å². The third kappa shape index (κ3) is 5.21. The molecule has 2 heteroatoms. The van der Waals surface area contributed by atoms with E-state index in [1.54, 1.807) is 12.4 Å². The van der Waals surface area contributed by atoms with E-state index in [-0.39, 0.29) is 0 Å². The maximum Gasteiger partial charge on any atom is 0.0825 e. The van der Waals surface area contributed by atoms with E-state index < -0.39 is 0 Å². The Hall–Kier alpha value is -0.790. The normalized spacial score (nSPS) is 13.6. The van der Waals surface area contributed by atoms with Crippen LogP contribution in [0.25, 0.3) is 0 Å². The Labute approximate surface area is 50.3 Å². The van der Waals surface area contributed by atoms with Crippen LogP contribution in [0.5, 0.6) is 0 Å². The molecule has 46 valence electrons. The second-order valence-corrected chi connectivity index (χ2v) is 1.40. The Morgan fingerprint density at radius 2 is 2.50 bits per heavy atom. The molecule has 2 nitrogen and oxygen atoms in total. The molecule has 0 aliphatic carbocycles. The van der Waals surface area contributed by atoms with E-state index in [1.807, 2.05) is 6.92 Å². The summed E-state index contributed by atoms with van der Waals surface area (Å²) in [6, 6.07) is 0. The predicted octanol–water partition coefficient (Wildman–Crippen LogP) is 0.810. The molecule has 8 heavy (non-hydrogen) atoms. The predicted molar refractivity (Wildman–Crippen MR) is 37.2 cm³/mol. The minimum absolute atomic E-state index is 0.958. The molecule has 0 atom stereocenters. The van der Waals surface area contributed by atoms with Crippen molar-refractivity contribution in [2.75, 3.05) is 13.1 Å². The number of hydrogen-bond donors (Lipinski definition) is 1. The standard InChI is InChI=1S/C3H6N2.C3H6/c1-2-5-3-4-1;1-3-2/h3H,1-2H2,(H,4,5);3H,1H2,2H3. The molecular formula is C6H12N2. The smallest absolute Gasteiger partial charge is 0.0825 e. The molecule has 0 unspecified atom stereocenters. The average Bonchev–Trinajstić information content (AvgIpc) is 2.17. The van der Waals surface area contributed by atoms with Gasteiger partial charge in [-0.05, 0) is 6.92 Å². The fraction of sp³-hybridized carbons (Fsp3) is 0.500. The Balaban J connectivity index is 0.000000145. The van der Waals surface area contributed by atoms with E-state index in [0.717, 1.165) is 13.1 Å². The highest BCUT2D eigenvalue weighted by Gasteiger charge is 1.82. The first-order valence-corrected chi connectivity index (χ1v) is 2.70. The summed E-state index contributed by atoms with van der Waals surface area (Å²) in [6.45, 7) is 7.24. The fourth-order valence-electron chi connectivity index (χ4n) is 0.323. The van der Waals surface area contributed by atoms with Crippen molar-refractivity contribution in [1.29, 1.82) is 0 Å². The van der Waals surface area contributed by atoms with Gasteiger partial charge in [0.1, 0.15) is 0 Å². The molecule has 0 radical (unpaired) electrons. The van der Waals surface area contributed by atoms with Crippen molar-refractivity contribution in [3.63, 3.8) is 0 Å². The van der Waals surface area contributed by atoms with Gasteiger partial charge < -0.3 is 5.32 Å². The van der Waals surface area contributed by atoms with E-state index in [2.05, 4.69) is 16.9 Å². The molecule has 0 aromatic carbocycles. The second kappa shape index (κ2) is 6.21. The van der Waals surface area contributed by atoms with Crippen molar-refractivity contribution in [1.82, 2.24) is 5.32 Å². The lowest BCUT2D eigenvalue weighted by atomic mass is 10.7. The largest absolute Gasteiger partial charge is 0.375 e. The molecule has 0 saturated heterocycles. The van der Waals surface area contributed by atoms with Crippen molar-refractivity contribution < 1.29 is 0 Å². The first-order valence-electron chi connectivity index (χ1n) is 2.70. The molecule has 0 aromatic rings. The minimum atomic E-state index is 0.958. The average molecular weight is 112 g/mol. The molecular weight excluding hydrogens is 100 g/mol. The lowest BCUT2D eigenvalue weighted by molar-refractivity contribution is 0.965. The van der Waals surface area contributed by atoms with Crippen molar-refractivity contribution in [2.24, 2.45) is 4.99 Å². The lowest BCUT2D eigenvalue weighted by Crippen LogP contribution is -2.04. The zero-order valence-electron chi connectivity index (χ0n) is 5.22. The van der Waals surface area contributed by atoms with Gasteiger partial charge in [0, 0.05) is 6.54 Å². The number of aliphatic imine (C=N–C) groups is 1. The van der Waals surface area contributed by atoms with Gasteiger partial charge >= 0.3 is 0 Å². The summed E-state index contributed by atoms with van der Waals surface area (Å²) in [6.07, 6.45) is 3.49. The van der Waals surface area contributed by atoms with Gasteiger partial charge in [-0.2, -0.15) is 0 Å². The van der Waals surface area contributed by atoms with Gasteiger partial charge in [0.05, 0.1) is 12.9 Å². The summed E-state index contributed by atoms with van der Waals surface area (Å²) in [5.74, 6) is 0. The summed E-state index contributed by atoms with van der Waals surface area (Å²) in [4.78, 5) is 3.85. The van der Waals surface area contributed by atoms with Crippen LogP contribution < -0.4 is 5.32 Å². The first kappa shape index (κ1) is 7.21. The Bertz CT molecular complexity index is 70.6. The monoisotopic (exact) mass is 112 g/mol. The summed E-state index contributed by atoms with van der Waals surface area (Å²) in [5, 5.41) is 2.93. The Morgan fingerprint density at radius 1 is 1.88 bits per heavy atom. The molecule has 1 aliphatic rings. The van der Waals surface area contributed by atoms with Crippen molar-refractivity contribution in [3.05, 3.63) is 12.7 Å². The molecule has 0 spiro atoms. The number of hydrogen-bond acceptors (Lipinski definition) is 2. The number of allylic oxidation sites excluding steroid dienone is 1. The Morgan fingerprint density at radius 3 is 2.62 bits per heavy atom. The van der Waals surface area contributed by atoms with Gasteiger partial charge in [-0.25, -0.2) is 0 Å². The number of nitrogens with one attached hydrogen (secondary N) is 1. The van der Waals surface area contributed by atoms with Crippen molar-refractivity contribution in [3.8, 4) is 0 Å².